The molecule has 2 rings (SSSR count). The van der Waals surface area contributed by atoms with E-state index in [0.29, 0.717) is 0 Å². The summed E-state index contributed by atoms with van der Waals surface area (Å²) in [4.78, 5) is 12.5. The third-order valence-electron chi connectivity index (χ3n) is 3.86. The summed E-state index contributed by atoms with van der Waals surface area (Å²) in [5, 5.41) is 5.25. The van der Waals surface area contributed by atoms with Crippen LogP contribution in [-0.2, 0) is 4.79 Å². The highest BCUT2D eigenvalue weighted by Gasteiger charge is 2.29. The van der Waals surface area contributed by atoms with Gasteiger partial charge in [-0.15, -0.1) is 0 Å². The average molecular weight is 327 g/mol. The molecule has 2 aromatic rings. The average Bonchev–Trinajstić information content (AvgIpc) is 2.44. The van der Waals surface area contributed by atoms with E-state index < -0.39 is 6.10 Å². The maximum atomic E-state index is 12.5. The zero-order valence-corrected chi connectivity index (χ0v) is 15.6. The second-order valence-corrected chi connectivity index (χ2v) is 8.35. The van der Waals surface area contributed by atoms with Gasteiger partial charge in [-0.25, -0.2) is 0 Å². The van der Waals surface area contributed by atoms with Crippen molar-refractivity contribution in [2.24, 2.45) is 5.41 Å². The Kier molecular flexibility index (Phi) is 5.22. The first-order chi connectivity index (χ1) is 11.1. The summed E-state index contributed by atoms with van der Waals surface area (Å²) >= 11 is 0. The van der Waals surface area contributed by atoms with E-state index in [1.807, 2.05) is 42.5 Å². The van der Waals surface area contributed by atoms with Gasteiger partial charge in [-0.2, -0.15) is 0 Å². The Labute approximate surface area is 145 Å². The summed E-state index contributed by atoms with van der Waals surface area (Å²) in [6.45, 7) is 12.4. The minimum absolute atomic E-state index is 0.0859. The van der Waals surface area contributed by atoms with Crippen molar-refractivity contribution >= 4 is 16.7 Å². The van der Waals surface area contributed by atoms with Gasteiger partial charge in [0.05, 0.1) is 0 Å². The number of carbonyl (C=O) groups excluding carboxylic acids is 1. The minimum atomic E-state index is -0.546. The second kappa shape index (κ2) is 6.84. The van der Waals surface area contributed by atoms with Gasteiger partial charge in [-0.3, -0.25) is 4.79 Å². The third kappa shape index (κ3) is 4.98. The summed E-state index contributed by atoms with van der Waals surface area (Å²) < 4.78 is 5.95. The fourth-order valence-electron chi connectivity index (χ4n) is 3.35. The largest absolute Gasteiger partial charge is 0.480 e. The van der Waals surface area contributed by atoms with E-state index in [4.69, 9.17) is 4.74 Å². The number of amides is 1. The van der Waals surface area contributed by atoms with Gasteiger partial charge < -0.3 is 10.1 Å². The molecule has 0 heterocycles. The molecule has 130 valence electrons. The molecular weight excluding hydrogens is 298 g/mol. The molecule has 3 heteroatoms. The molecule has 24 heavy (non-hydrogen) atoms. The van der Waals surface area contributed by atoms with Crippen molar-refractivity contribution in [1.29, 1.82) is 0 Å². The van der Waals surface area contributed by atoms with Crippen LogP contribution < -0.4 is 10.1 Å². The molecule has 0 saturated carbocycles. The van der Waals surface area contributed by atoms with Crippen molar-refractivity contribution in [3.05, 3.63) is 42.5 Å². The first-order valence-corrected chi connectivity index (χ1v) is 8.54. The summed E-state index contributed by atoms with van der Waals surface area (Å²) in [7, 11) is 0. The predicted molar refractivity (Wildman–Crippen MR) is 100 cm³/mol. The number of carbonyl (C=O) groups is 1. The van der Waals surface area contributed by atoms with E-state index in [9.17, 15) is 4.79 Å². The van der Waals surface area contributed by atoms with E-state index >= 15 is 0 Å². The third-order valence-corrected chi connectivity index (χ3v) is 3.86. The first kappa shape index (κ1) is 18.3. The van der Waals surface area contributed by atoms with E-state index in [-0.39, 0.29) is 16.9 Å². The Morgan fingerprint density at radius 3 is 2.33 bits per heavy atom. The number of nitrogens with one attached hydrogen (secondary N) is 1. The van der Waals surface area contributed by atoms with Gasteiger partial charge in [0, 0.05) is 10.9 Å². The molecule has 0 fully saturated rings. The van der Waals surface area contributed by atoms with Crippen LogP contribution in [0.5, 0.6) is 5.75 Å². The Balaban J connectivity index is 2.08. The monoisotopic (exact) mass is 327 g/mol. The molecule has 0 radical (unpaired) electrons. The fourth-order valence-corrected chi connectivity index (χ4v) is 3.35. The summed E-state index contributed by atoms with van der Waals surface area (Å²) in [6, 6.07) is 13.9. The number of hydrogen-bond donors (Lipinski definition) is 1. The number of fused-ring (bicyclic) bond motifs is 1. The maximum Gasteiger partial charge on any atom is 0.261 e. The number of rotatable bonds is 5. The van der Waals surface area contributed by atoms with Gasteiger partial charge in [0.1, 0.15) is 5.75 Å². The van der Waals surface area contributed by atoms with Crippen LogP contribution in [0.1, 0.15) is 48.0 Å². The zero-order chi connectivity index (χ0) is 18.0. The topological polar surface area (TPSA) is 38.3 Å². The quantitative estimate of drug-likeness (QED) is 0.845. The molecule has 0 aliphatic rings. The van der Waals surface area contributed by atoms with Gasteiger partial charge >= 0.3 is 0 Å². The molecule has 1 N–H and O–H groups in total. The van der Waals surface area contributed by atoms with Gasteiger partial charge in [-0.1, -0.05) is 57.2 Å². The van der Waals surface area contributed by atoms with Crippen molar-refractivity contribution in [1.82, 2.24) is 5.32 Å². The summed E-state index contributed by atoms with van der Waals surface area (Å²) in [5.74, 6) is 0.654. The Morgan fingerprint density at radius 1 is 1.04 bits per heavy atom. The van der Waals surface area contributed by atoms with Crippen LogP contribution in [0.4, 0.5) is 0 Å². The SMILES string of the molecule is C[C@H](Oc1cccc2ccccc12)C(=O)NC(C)(C)CC(C)(C)C. The van der Waals surface area contributed by atoms with Crippen LogP contribution >= 0.6 is 0 Å². The molecule has 3 nitrogen and oxygen atoms in total. The van der Waals surface area contributed by atoms with Crippen LogP contribution in [0.2, 0.25) is 0 Å². The molecule has 0 aliphatic carbocycles. The minimum Gasteiger partial charge on any atom is -0.480 e. The molecule has 0 unspecified atom stereocenters. The van der Waals surface area contributed by atoms with Crippen molar-refractivity contribution in [3.63, 3.8) is 0 Å². The molecule has 1 atom stereocenters. The molecule has 0 aromatic heterocycles. The summed E-state index contributed by atoms with van der Waals surface area (Å²) in [5.41, 5.74) is -0.123. The van der Waals surface area contributed by atoms with Gasteiger partial charge in [0.15, 0.2) is 6.10 Å². The van der Waals surface area contributed by atoms with Crippen molar-refractivity contribution in [3.8, 4) is 5.75 Å². The van der Waals surface area contributed by atoms with Crippen LogP contribution in [-0.4, -0.2) is 17.6 Å². The molecule has 2 aromatic carbocycles. The lowest BCUT2D eigenvalue weighted by atomic mass is 9.81. The lowest BCUT2D eigenvalue weighted by molar-refractivity contribution is -0.129. The van der Waals surface area contributed by atoms with Crippen LogP contribution in [0.15, 0.2) is 42.5 Å². The van der Waals surface area contributed by atoms with Crippen molar-refractivity contribution < 1.29 is 9.53 Å². The Bertz CT molecular complexity index is 708. The number of ether oxygens (including phenoxy) is 1. The number of hydrogen-bond acceptors (Lipinski definition) is 2. The van der Waals surface area contributed by atoms with E-state index in [1.165, 1.54) is 0 Å². The summed E-state index contributed by atoms with van der Waals surface area (Å²) in [6.07, 6.45) is 0.349. The Hall–Kier alpha value is -2.03. The standard InChI is InChI=1S/C21H29NO2/c1-15(19(23)22-21(5,6)14-20(2,3)4)24-18-13-9-11-16-10-7-8-12-17(16)18/h7-13,15H,14H2,1-6H3,(H,22,23)/t15-/m0/s1. The van der Waals surface area contributed by atoms with Gasteiger partial charge in [0.25, 0.3) is 5.91 Å². The van der Waals surface area contributed by atoms with Gasteiger partial charge in [0.2, 0.25) is 0 Å². The van der Waals surface area contributed by atoms with Crippen LogP contribution in [0, 0.1) is 5.41 Å². The van der Waals surface area contributed by atoms with E-state index in [2.05, 4.69) is 39.9 Å². The predicted octanol–water partition coefficient (Wildman–Crippen LogP) is 4.94. The highest BCUT2D eigenvalue weighted by Crippen LogP contribution is 2.28. The van der Waals surface area contributed by atoms with E-state index in [1.54, 1.807) is 6.92 Å². The highest BCUT2D eigenvalue weighted by molar-refractivity contribution is 5.89. The first-order valence-electron chi connectivity index (χ1n) is 8.54. The highest BCUT2D eigenvalue weighted by atomic mass is 16.5. The normalized spacial score (nSPS) is 13.6. The van der Waals surface area contributed by atoms with Crippen molar-refractivity contribution in [2.45, 2.75) is 59.6 Å². The molecule has 0 aliphatic heterocycles. The lowest BCUT2D eigenvalue weighted by Crippen LogP contribution is -2.50. The fraction of sp³-hybridized carbons (Fsp3) is 0.476. The molecule has 0 saturated heterocycles. The lowest BCUT2D eigenvalue weighted by Gasteiger charge is -2.34. The molecule has 1 amide bonds. The molecular formula is C21H29NO2. The van der Waals surface area contributed by atoms with Crippen LogP contribution in [0.25, 0.3) is 10.8 Å². The van der Waals surface area contributed by atoms with Crippen molar-refractivity contribution in [2.75, 3.05) is 0 Å². The molecule has 0 spiro atoms. The number of benzene rings is 2. The Morgan fingerprint density at radius 2 is 1.67 bits per heavy atom. The van der Waals surface area contributed by atoms with E-state index in [0.717, 1.165) is 22.9 Å². The van der Waals surface area contributed by atoms with Gasteiger partial charge in [-0.05, 0) is 44.1 Å². The van der Waals surface area contributed by atoms with Crippen LogP contribution in [0.3, 0.4) is 0 Å². The smallest absolute Gasteiger partial charge is 0.261 e. The zero-order valence-electron chi connectivity index (χ0n) is 15.6. The molecule has 0 bridgehead atoms. The maximum absolute atomic E-state index is 12.5. The second-order valence-electron chi connectivity index (χ2n) is 8.35.